The van der Waals surface area contributed by atoms with Crippen LogP contribution in [-0.4, -0.2) is 44.8 Å². The molecule has 1 heterocycles. The van der Waals surface area contributed by atoms with E-state index in [1.807, 2.05) is 6.07 Å². The SMILES string of the molecule is CN(C1(C#N)CCOC1)S(C)(=O)=O. The molecule has 0 amide bonds. The molecular formula is C7H12N2O3S. The molecule has 13 heavy (non-hydrogen) atoms. The van der Waals surface area contributed by atoms with Crippen LogP contribution in [-0.2, 0) is 14.8 Å². The molecule has 1 fully saturated rings. The van der Waals surface area contributed by atoms with Crippen molar-refractivity contribution in [3.05, 3.63) is 0 Å². The van der Waals surface area contributed by atoms with E-state index in [0.717, 1.165) is 10.6 Å². The van der Waals surface area contributed by atoms with E-state index in [1.165, 1.54) is 7.05 Å². The minimum Gasteiger partial charge on any atom is -0.378 e. The van der Waals surface area contributed by atoms with Crippen LogP contribution in [0.5, 0.6) is 0 Å². The molecule has 0 aromatic heterocycles. The normalized spacial score (nSPS) is 29.1. The van der Waals surface area contributed by atoms with Crippen LogP contribution in [0.25, 0.3) is 0 Å². The van der Waals surface area contributed by atoms with E-state index in [2.05, 4.69) is 0 Å². The molecule has 0 bridgehead atoms. The van der Waals surface area contributed by atoms with Crippen molar-refractivity contribution in [2.75, 3.05) is 26.5 Å². The number of nitrogens with zero attached hydrogens (tertiary/aromatic N) is 2. The van der Waals surface area contributed by atoms with Crippen LogP contribution in [0.15, 0.2) is 0 Å². The van der Waals surface area contributed by atoms with E-state index < -0.39 is 15.6 Å². The van der Waals surface area contributed by atoms with Crippen LogP contribution >= 0.6 is 0 Å². The first-order valence-electron chi connectivity index (χ1n) is 3.85. The van der Waals surface area contributed by atoms with Crippen molar-refractivity contribution in [2.24, 2.45) is 0 Å². The number of rotatable bonds is 2. The molecule has 0 aliphatic carbocycles. The van der Waals surface area contributed by atoms with E-state index in [4.69, 9.17) is 10.00 Å². The second kappa shape index (κ2) is 3.25. The van der Waals surface area contributed by atoms with Gasteiger partial charge in [0.1, 0.15) is 5.54 Å². The largest absolute Gasteiger partial charge is 0.378 e. The molecule has 6 heteroatoms. The van der Waals surface area contributed by atoms with Gasteiger partial charge in [0.2, 0.25) is 10.0 Å². The Morgan fingerprint density at radius 1 is 1.62 bits per heavy atom. The number of hydrogen-bond acceptors (Lipinski definition) is 4. The summed E-state index contributed by atoms with van der Waals surface area (Å²) in [6, 6.07) is 2.01. The van der Waals surface area contributed by atoms with Crippen LogP contribution in [0.1, 0.15) is 6.42 Å². The quantitative estimate of drug-likeness (QED) is 0.611. The van der Waals surface area contributed by atoms with Crippen molar-refractivity contribution in [3.63, 3.8) is 0 Å². The number of nitriles is 1. The second-order valence-electron chi connectivity index (χ2n) is 3.18. The maximum atomic E-state index is 11.2. The van der Waals surface area contributed by atoms with E-state index in [1.54, 1.807) is 0 Å². The van der Waals surface area contributed by atoms with Crippen molar-refractivity contribution in [1.82, 2.24) is 4.31 Å². The molecule has 1 atom stereocenters. The molecular weight excluding hydrogens is 192 g/mol. The fraction of sp³-hybridized carbons (Fsp3) is 0.857. The smallest absolute Gasteiger partial charge is 0.212 e. The standard InChI is InChI=1S/C7H12N2O3S/c1-9(13(2,10)11)7(5-8)3-4-12-6-7/h3-4,6H2,1-2H3. The molecule has 0 N–H and O–H groups in total. The Kier molecular flexibility index (Phi) is 2.61. The first kappa shape index (κ1) is 10.4. The first-order valence-corrected chi connectivity index (χ1v) is 5.70. The Labute approximate surface area is 77.9 Å². The summed E-state index contributed by atoms with van der Waals surface area (Å²) >= 11 is 0. The average molecular weight is 204 g/mol. The third-order valence-corrected chi connectivity index (χ3v) is 3.65. The average Bonchev–Trinajstić information content (AvgIpc) is 2.50. The minimum atomic E-state index is -3.33. The van der Waals surface area contributed by atoms with E-state index >= 15 is 0 Å². The Morgan fingerprint density at radius 3 is 2.54 bits per heavy atom. The third-order valence-electron chi connectivity index (χ3n) is 2.31. The van der Waals surface area contributed by atoms with Crippen LogP contribution < -0.4 is 0 Å². The second-order valence-corrected chi connectivity index (χ2v) is 5.19. The van der Waals surface area contributed by atoms with E-state index in [9.17, 15) is 8.42 Å². The Balaban J connectivity index is 2.98. The van der Waals surface area contributed by atoms with Gasteiger partial charge < -0.3 is 4.74 Å². The molecule has 0 aromatic rings. The molecule has 1 saturated heterocycles. The topological polar surface area (TPSA) is 70.4 Å². The molecule has 0 spiro atoms. The highest BCUT2D eigenvalue weighted by atomic mass is 32.2. The lowest BCUT2D eigenvalue weighted by Gasteiger charge is -2.28. The van der Waals surface area contributed by atoms with Gasteiger partial charge in [0, 0.05) is 20.1 Å². The lowest BCUT2D eigenvalue weighted by molar-refractivity contribution is 0.163. The van der Waals surface area contributed by atoms with Gasteiger partial charge in [0.25, 0.3) is 0 Å². The van der Waals surface area contributed by atoms with Crippen molar-refractivity contribution in [2.45, 2.75) is 12.0 Å². The summed E-state index contributed by atoms with van der Waals surface area (Å²) < 4.78 is 28.5. The van der Waals surface area contributed by atoms with E-state index in [0.29, 0.717) is 13.0 Å². The minimum absolute atomic E-state index is 0.160. The zero-order valence-electron chi connectivity index (χ0n) is 7.65. The van der Waals surface area contributed by atoms with Crippen LogP contribution in [0, 0.1) is 11.3 Å². The predicted molar refractivity (Wildman–Crippen MR) is 46.4 cm³/mol. The first-order chi connectivity index (χ1) is 5.92. The van der Waals surface area contributed by atoms with Crippen molar-refractivity contribution in [1.29, 1.82) is 5.26 Å². The van der Waals surface area contributed by atoms with Gasteiger partial charge in [-0.25, -0.2) is 8.42 Å². The van der Waals surface area contributed by atoms with Crippen LogP contribution in [0.4, 0.5) is 0 Å². The summed E-state index contributed by atoms with van der Waals surface area (Å²) in [6.45, 7) is 0.598. The molecule has 1 aliphatic heterocycles. The third kappa shape index (κ3) is 1.82. The zero-order chi connectivity index (χ0) is 10.1. The highest BCUT2D eigenvalue weighted by Gasteiger charge is 2.43. The van der Waals surface area contributed by atoms with Gasteiger partial charge in [0.15, 0.2) is 0 Å². The summed E-state index contributed by atoms with van der Waals surface area (Å²) in [6.07, 6.45) is 1.53. The highest BCUT2D eigenvalue weighted by molar-refractivity contribution is 7.88. The lowest BCUT2D eigenvalue weighted by atomic mass is 10.0. The van der Waals surface area contributed by atoms with Crippen molar-refractivity contribution < 1.29 is 13.2 Å². The molecule has 74 valence electrons. The number of ether oxygens (including phenoxy) is 1. The van der Waals surface area contributed by atoms with Gasteiger partial charge in [-0.15, -0.1) is 0 Å². The summed E-state index contributed by atoms with van der Waals surface area (Å²) in [4.78, 5) is 0. The molecule has 0 radical (unpaired) electrons. The molecule has 1 unspecified atom stereocenters. The molecule has 0 aromatic carbocycles. The molecule has 0 saturated carbocycles. The molecule has 5 nitrogen and oxygen atoms in total. The lowest BCUT2D eigenvalue weighted by Crippen LogP contribution is -2.48. The summed E-state index contributed by atoms with van der Waals surface area (Å²) in [5.74, 6) is 0. The van der Waals surface area contributed by atoms with Crippen LogP contribution in [0.2, 0.25) is 0 Å². The Bertz CT molecular complexity index is 324. The fourth-order valence-corrected chi connectivity index (χ4v) is 2.10. The van der Waals surface area contributed by atoms with Gasteiger partial charge in [0.05, 0.1) is 18.9 Å². The van der Waals surface area contributed by atoms with E-state index in [-0.39, 0.29) is 6.61 Å². The maximum Gasteiger partial charge on any atom is 0.212 e. The number of likely N-dealkylation sites (N-methyl/N-ethyl adjacent to an activating group) is 1. The predicted octanol–water partition coefficient (Wildman–Crippen LogP) is -0.440. The van der Waals surface area contributed by atoms with Crippen LogP contribution in [0.3, 0.4) is 0 Å². The summed E-state index contributed by atoms with van der Waals surface area (Å²) in [5.41, 5.74) is -0.992. The van der Waals surface area contributed by atoms with Gasteiger partial charge in [-0.1, -0.05) is 0 Å². The molecule has 1 aliphatic rings. The Hall–Kier alpha value is -0.640. The number of sulfonamides is 1. The van der Waals surface area contributed by atoms with Gasteiger partial charge in [-0.05, 0) is 0 Å². The highest BCUT2D eigenvalue weighted by Crippen LogP contribution is 2.25. The zero-order valence-corrected chi connectivity index (χ0v) is 8.47. The summed E-state index contributed by atoms with van der Waals surface area (Å²) in [7, 11) is -1.92. The van der Waals surface area contributed by atoms with Gasteiger partial charge in [-0.3, -0.25) is 0 Å². The monoisotopic (exact) mass is 204 g/mol. The number of hydrogen-bond donors (Lipinski definition) is 0. The van der Waals surface area contributed by atoms with Gasteiger partial charge >= 0.3 is 0 Å². The van der Waals surface area contributed by atoms with Crippen molar-refractivity contribution in [3.8, 4) is 6.07 Å². The van der Waals surface area contributed by atoms with Crippen molar-refractivity contribution >= 4 is 10.0 Å². The summed E-state index contributed by atoms with van der Waals surface area (Å²) in [5, 5.41) is 8.91. The van der Waals surface area contributed by atoms with Gasteiger partial charge in [-0.2, -0.15) is 9.57 Å². The Morgan fingerprint density at radius 2 is 2.23 bits per heavy atom. The fourth-order valence-electron chi connectivity index (χ4n) is 1.28. The molecule has 1 rings (SSSR count). The maximum absolute atomic E-state index is 11.2.